The number of carboxylic acid groups (broad SMARTS) is 1. The molecule has 1 aromatic heterocycles. The number of rotatable bonds is 5. The molecule has 7 nitrogen and oxygen atoms in total. The molecule has 0 spiro atoms. The molecule has 26 heavy (non-hydrogen) atoms. The lowest BCUT2D eigenvalue weighted by Gasteiger charge is -2.08. The van der Waals surface area contributed by atoms with E-state index in [-0.39, 0.29) is 29.1 Å². The van der Waals surface area contributed by atoms with E-state index >= 15 is 0 Å². The Labute approximate surface area is 147 Å². The van der Waals surface area contributed by atoms with Crippen LogP contribution >= 0.6 is 0 Å². The number of phenolic OH excluding ortho intramolecular Hbond substituents is 1. The molecule has 0 aliphatic rings. The lowest BCUT2D eigenvalue weighted by atomic mass is 10.1. The van der Waals surface area contributed by atoms with Crippen LogP contribution in [0.3, 0.4) is 0 Å². The van der Waals surface area contributed by atoms with Crippen LogP contribution in [-0.4, -0.2) is 33.5 Å². The summed E-state index contributed by atoms with van der Waals surface area (Å²) in [7, 11) is 0. The van der Waals surface area contributed by atoms with Gasteiger partial charge < -0.3 is 19.7 Å². The molecule has 1 heterocycles. The number of phenols is 1. The van der Waals surface area contributed by atoms with E-state index in [2.05, 4.69) is 4.99 Å². The van der Waals surface area contributed by atoms with Crippen molar-refractivity contribution < 1.29 is 24.5 Å². The first-order chi connectivity index (χ1) is 12.5. The minimum absolute atomic E-state index is 0.0613. The zero-order valence-corrected chi connectivity index (χ0v) is 13.5. The van der Waals surface area contributed by atoms with Crippen molar-refractivity contribution in [2.24, 2.45) is 4.99 Å². The van der Waals surface area contributed by atoms with Gasteiger partial charge in [0, 0.05) is 12.6 Å². The average molecular weight is 353 g/mol. The van der Waals surface area contributed by atoms with Crippen LogP contribution in [0.15, 0.2) is 62.7 Å². The van der Waals surface area contributed by atoms with E-state index in [1.807, 2.05) is 0 Å². The molecule has 3 rings (SSSR count). The Bertz CT molecular complexity index is 1040. The molecule has 0 aliphatic heterocycles. The van der Waals surface area contributed by atoms with Gasteiger partial charge in [-0.25, -0.2) is 9.59 Å². The summed E-state index contributed by atoms with van der Waals surface area (Å²) in [5.41, 5.74) is -0.132. The van der Waals surface area contributed by atoms with Crippen LogP contribution in [-0.2, 0) is 11.2 Å². The molecule has 0 saturated carbocycles. The number of aliphatic imine (C=N–C) groups is 1. The quantitative estimate of drug-likeness (QED) is 0.478. The molecule has 7 heteroatoms. The first-order valence-corrected chi connectivity index (χ1v) is 7.74. The molecule has 3 aromatic rings. The largest absolute Gasteiger partial charge is 0.508 e. The Kier molecular flexibility index (Phi) is 4.70. The van der Waals surface area contributed by atoms with Gasteiger partial charge in [-0.1, -0.05) is 24.3 Å². The first-order valence-electron chi connectivity index (χ1n) is 7.74. The summed E-state index contributed by atoms with van der Waals surface area (Å²) in [5.74, 6) is -1.42. The second kappa shape index (κ2) is 7.10. The number of hydrogen-bond acceptors (Lipinski definition) is 6. The average Bonchev–Trinajstić information content (AvgIpc) is 2.62. The number of fused-ring (bicyclic) bond motifs is 1. The van der Waals surface area contributed by atoms with Gasteiger partial charge in [0.15, 0.2) is 6.04 Å². The van der Waals surface area contributed by atoms with E-state index in [1.165, 1.54) is 12.1 Å². The zero-order valence-electron chi connectivity index (χ0n) is 13.5. The molecule has 0 bridgehead atoms. The number of carboxylic acids is 1. The SMILES string of the molecule is O=C(O)[C@H](Cc1ccc(O)cc1)N=Cc1c(O)c2ccccc2oc1=O. The van der Waals surface area contributed by atoms with Crippen LogP contribution in [0.25, 0.3) is 11.0 Å². The summed E-state index contributed by atoms with van der Waals surface area (Å²) in [5, 5.41) is 29.2. The second-order valence-electron chi connectivity index (χ2n) is 5.65. The molecule has 0 aliphatic carbocycles. The summed E-state index contributed by atoms with van der Waals surface area (Å²) < 4.78 is 5.12. The standard InChI is InChI=1S/C19H15NO6/c21-12-7-5-11(6-8-12)9-15(18(23)24)20-10-14-17(22)13-3-1-2-4-16(13)26-19(14)25/h1-8,10,15,21-22H,9H2,(H,23,24)/t15-/m0/s1. The van der Waals surface area contributed by atoms with Crippen LogP contribution in [0.1, 0.15) is 11.1 Å². The fraction of sp³-hybridized carbons (Fsp3) is 0.105. The smallest absolute Gasteiger partial charge is 0.348 e. The maximum absolute atomic E-state index is 12.0. The Morgan fingerprint density at radius 3 is 2.50 bits per heavy atom. The topological polar surface area (TPSA) is 120 Å². The summed E-state index contributed by atoms with van der Waals surface area (Å²) >= 11 is 0. The van der Waals surface area contributed by atoms with Crippen molar-refractivity contribution in [1.82, 2.24) is 0 Å². The molecular formula is C19H15NO6. The van der Waals surface area contributed by atoms with Gasteiger partial charge in [-0.2, -0.15) is 0 Å². The van der Waals surface area contributed by atoms with E-state index in [0.29, 0.717) is 10.9 Å². The van der Waals surface area contributed by atoms with Gasteiger partial charge in [-0.3, -0.25) is 4.99 Å². The molecule has 2 aromatic carbocycles. The van der Waals surface area contributed by atoms with Gasteiger partial charge in [0.05, 0.1) is 5.39 Å². The summed E-state index contributed by atoms with van der Waals surface area (Å²) in [6, 6.07) is 11.4. The lowest BCUT2D eigenvalue weighted by molar-refractivity contribution is -0.138. The Morgan fingerprint density at radius 2 is 1.81 bits per heavy atom. The maximum Gasteiger partial charge on any atom is 0.348 e. The van der Waals surface area contributed by atoms with Crippen LogP contribution < -0.4 is 5.63 Å². The predicted octanol–water partition coefficient (Wildman–Crippen LogP) is 2.32. The number of aliphatic carboxylic acids is 1. The van der Waals surface area contributed by atoms with Crippen molar-refractivity contribution in [3.8, 4) is 11.5 Å². The normalized spacial score (nSPS) is 12.5. The monoisotopic (exact) mass is 353 g/mol. The fourth-order valence-electron chi connectivity index (χ4n) is 2.49. The number of nitrogens with zero attached hydrogens (tertiary/aromatic N) is 1. The minimum atomic E-state index is -1.18. The predicted molar refractivity (Wildman–Crippen MR) is 95.0 cm³/mol. The van der Waals surface area contributed by atoms with Gasteiger partial charge in [0.25, 0.3) is 0 Å². The third-order valence-electron chi connectivity index (χ3n) is 3.85. The highest BCUT2D eigenvalue weighted by molar-refractivity contribution is 5.94. The van der Waals surface area contributed by atoms with E-state index < -0.39 is 17.6 Å². The van der Waals surface area contributed by atoms with E-state index in [1.54, 1.807) is 36.4 Å². The molecule has 0 fully saturated rings. The lowest BCUT2D eigenvalue weighted by Crippen LogP contribution is -2.21. The molecule has 0 saturated heterocycles. The molecule has 132 valence electrons. The highest BCUT2D eigenvalue weighted by Crippen LogP contribution is 2.25. The van der Waals surface area contributed by atoms with E-state index in [9.17, 15) is 24.9 Å². The van der Waals surface area contributed by atoms with Crippen molar-refractivity contribution in [1.29, 1.82) is 0 Å². The van der Waals surface area contributed by atoms with Gasteiger partial charge in [0.1, 0.15) is 22.6 Å². The molecule has 3 N–H and O–H groups in total. The molecular weight excluding hydrogens is 338 g/mol. The Balaban J connectivity index is 1.93. The third kappa shape index (κ3) is 3.56. The van der Waals surface area contributed by atoms with Crippen LogP contribution in [0, 0.1) is 0 Å². The highest BCUT2D eigenvalue weighted by Gasteiger charge is 2.18. The van der Waals surface area contributed by atoms with E-state index in [4.69, 9.17) is 4.42 Å². The van der Waals surface area contributed by atoms with Crippen molar-refractivity contribution >= 4 is 23.2 Å². The second-order valence-corrected chi connectivity index (χ2v) is 5.65. The number of benzene rings is 2. The Morgan fingerprint density at radius 1 is 1.12 bits per heavy atom. The third-order valence-corrected chi connectivity index (χ3v) is 3.85. The highest BCUT2D eigenvalue weighted by atomic mass is 16.4. The van der Waals surface area contributed by atoms with Crippen molar-refractivity contribution in [2.75, 3.05) is 0 Å². The van der Waals surface area contributed by atoms with Crippen molar-refractivity contribution in [3.05, 3.63) is 70.1 Å². The fourth-order valence-corrected chi connectivity index (χ4v) is 2.49. The molecule has 0 amide bonds. The Hall–Kier alpha value is -3.61. The van der Waals surface area contributed by atoms with E-state index in [0.717, 1.165) is 6.21 Å². The number of hydrogen-bond donors (Lipinski definition) is 3. The van der Waals surface area contributed by atoms with Crippen LogP contribution in [0.2, 0.25) is 0 Å². The molecule has 0 radical (unpaired) electrons. The number of para-hydroxylation sites is 1. The number of carbonyl (C=O) groups is 1. The zero-order chi connectivity index (χ0) is 18.7. The van der Waals surface area contributed by atoms with Gasteiger partial charge >= 0.3 is 11.6 Å². The molecule has 0 unspecified atom stereocenters. The summed E-state index contributed by atoms with van der Waals surface area (Å²) in [6.07, 6.45) is 1.08. The summed E-state index contributed by atoms with van der Waals surface area (Å²) in [4.78, 5) is 27.4. The maximum atomic E-state index is 12.0. The first kappa shape index (κ1) is 17.2. The number of aromatic hydroxyl groups is 2. The van der Waals surface area contributed by atoms with Crippen molar-refractivity contribution in [2.45, 2.75) is 12.5 Å². The van der Waals surface area contributed by atoms with Gasteiger partial charge in [0.2, 0.25) is 0 Å². The van der Waals surface area contributed by atoms with Gasteiger partial charge in [-0.05, 0) is 29.8 Å². The minimum Gasteiger partial charge on any atom is -0.508 e. The summed E-state index contributed by atoms with van der Waals surface area (Å²) in [6.45, 7) is 0. The van der Waals surface area contributed by atoms with Gasteiger partial charge in [-0.15, -0.1) is 0 Å². The van der Waals surface area contributed by atoms with Crippen LogP contribution in [0.5, 0.6) is 11.5 Å². The van der Waals surface area contributed by atoms with Crippen molar-refractivity contribution in [3.63, 3.8) is 0 Å². The molecule has 1 atom stereocenters. The van der Waals surface area contributed by atoms with Crippen LogP contribution in [0.4, 0.5) is 0 Å².